The summed E-state index contributed by atoms with van der Waals surface area (Å²) in [4.78, 5) is 12.3. The quantitative estimate of drug-likeness (QED) is 0.695. The lowest BCUT2D eigenvalue weighted by Crippen LogP contribution is -2.22. The molecule has 0 saturated carbocycles. The molecule has 0 aliphatic carbocycles. The van der Waals surface area contributed by atoms with E-state index in [-0.39, 0.29) is 5.91 Å². The molecule has 0 fully saturated rings. The highest BCUT2D eigenvalue weighted by Crippen LogP contribution is 2.13. The van der Waals surface area contributed by atoms with Gasteiger partial charge in [0.15, 0.2) is 0 Å². The summed E-state index contributed by atoms with van der Waals surface area (Å²) in [6.45, 7) is 0.291. The molecule has 0 aliphatic heterocycles. The number of rotatable bonds is 6. The van der Waals surface area contributed by atoms with Gasteiger partial charge in [-0.15, -0.1) is 0 Å². The molecule has 0 bridgehead atoms. The molecular formula is C18H18N4O3S. The van der Waals surface area contributed by atoms with Gasteiger partial charge in [-0.25, -0.2) is 13.1 Å². The highest BCUT2D eigenvalue weighted by atomic mass is 32.2. The van der Waals surface area contributed by atoms with E-state index in [0.717, 1.165) is 17.5 Å². The number of carbonyl (C=O) groups excluding carboxylic acids is 1. The Morgan fingerprint density at radius 1 is 1.12 bits per heavy atom. The standard InChI is InChI=1S/C18H18N4O3S/c1-26(24,25)21-16-5-2-4-14(12-16)13-19-18(23)15-6-8-17(9-7-15)22-11-3-10-20-22/h2-12,21H,13H2,1H3,(H,19,23). The van der Waals surface area contributed by atoms with Gasteiger partial charge in [-0.3, -0.25) is 9.52 Å². The predicted octanol–water partition coefficient (Wildman–Crippen LogP) is 2.17. The maximum Gasteiger partial charge on any atom is 0.251 e. The number of anilines is 1. The van der Waals surface area contributed by atoms with E-state index in [2.05, 4.69) is 15.1 Å². The van der Waals surface area contributed by atoms with Crippen LogP contribution < -0.4 is 10.0 Å². The van der Waals surface area contributed by atoms with Crippen molar-refractivity contribution >= 4 is 21.6 Å². The predicted molar refractivity (Wildman–Crippen MR) is 99.6 cm³/mol. The molecule has 1 heterocycles. The Labute approximate surface area is 151 Å². The fraction of sp³-hybridized carbons (Fsp3) is 0.111. The fourth-order valence-corrected chi connectivity index (χ4v) is 2.99. The van der Waals surface area contributed by atoms with Crippen molar-refractivity contribution in [2.24, 2.45) is 0 Å². The van der Waals surface area contributed by atoms with Crippen LogP contribution in [0.25, 0.3) is 5.69 Å². The van der Waals surface area contributed by atoms with Gasteiger partial charge in [0.2, 0.25) is 10.0 Å². The van der Waals surface area contributed by atoms with Crippen molar-refractivity contribution in [3.05, 3.63) is 78.1 Å². The highest BCUT2D eigenvalue weighted by molar-refractivity contribution is 7.92. The van der Waals surface area contributed by atoms with Crippen LogP contribution in [0.2, 0.25) is 0 Å². The van der Waals surface area contributed by atoms with Crippen LogP contribution >= 0.6 is 0 Å². The van der Waals surface area contributed by atoms with Crippen molar-refractivity contribution in [2.75, 3.05) is 11.0 Å². The van der Waals surface area contributed by atoms with Crippen molar-refractivity contribution in [1.82, 2.24) is 15.1 Å². The summed E-state index contributed by atoms with van der Waals surface area (Å²) in [6, 6.07) is 15.8. The van der Waals surface area contributed by atoms with Crippen molar-refractivity contribution in [1.29, 1.82) is 0 Å². The summed E-state index contributed by atoms with van der Waals surface area (Å²) in [7, 11) is -3.34. The van der Waals surface area contributed by atoms with Crippen molar-refractivity contribution < 1.29 is 13.2 Å². The molecule has 26 heavy (non-hydrogen) atoms. The maximum atomic E-state index is 12.3. The molecule has 0 atom stereocenters. The van der Waals surface area contributed by atoms with Crippen LogP contribution in [0.15, 0.2) is 67.0 Å². The highest BCUT2D eigenvalue weighted by Gasteiger charge is 2.07. The normalized spacial score (nSPS) is 11.1. The lowest BCUT2D eigenvalue weighted by molar-refractivity contribution is 0.0951. The molecule has 0 radical (unpaired) electrons. The molecule has 3 aromatic rings. The van der Waals surface area contributed by atoms with E-state index in [1.165, 1.54) is 0 Å². The van der Waals surface area contributed by atoms with Crippen LogP contribution in [-0.4, -0.2) is 30.4 Å². The van der Waals surface area contributed by atoms with Gasteiger partial charge in [-0.2, -0.15) is 5.10 Å². The van der Waals surface area contributed by atoms with Crippen LogP contribution in [0.3, 0.4) is 0 Å². The minimum atomic E-state index is -3.34. The minimum Gasteiger partial charge on any atom is -0.348 e. The zero-order valence-corrected chi connectivity index (χ0v) is 14.9. The van der Waals surface area contributed by atoms with Crippen molar-refractivity contribution in [3.8, 4) is 5.69 Å². The molecule has 0 spiro atoms. The summed E-state index contributed by atoms with van der Waals surface area (Å²) < 4.78 is 26.7. The molecule has 3 rings (SSSR count). The topological polar surface area (TPSA) is 93.1 Å². The lowest BCUT2D eigenvalue weighted by Gasteiger charge is -2.09. The summed E-state index contributed by atoms with van der Waals surface area (Å²) in [6.07, 6.45) is 4.61. The van der Waals surface area contributed by atoms with Gasteiger partial charge in [0.1, 0.15) is 0 Å². The zero-order valence-electron chi connectivity index (χ0n) is 14.1. The first-order valence-electron chi connectivity index (χ1n) is 7.86. The minimum absolute atomic E-state index is 0.210. The van der Waals surface area contributed by atoms with Crippen molar-refractivity contribution in [3.63, 3.8) is 0 Å². The third-order valence-corrected chi connectivity index (χ3v) is 4.19. The number of carbonyl (C=O) groups is 1. The van der Waals surface area contributed by atoms with Crippen LogP contribution in [-0.2, 0) is 16.6 Å². The second kappa shape index (κ2) is 7.40. The number of hydrogen-bond acceptors (Lipinski definition) is 4. The SMILES string of the molecule is CS(=O)(=O)Nc1cccc(CNC(=O)c2ccc(-n3cccn3)cc2)c1. The zero-order chi connectivity index (χ0) is 18.6. The van der Waals surface area contributed by atoms with E-state index in [1.54, 1.807) is 41.2 Å². The van der Waals surface area contributed by atoms with Gasteiger partial charge in [-0.1, -0.05) is 12.1 Å². The average molecular weight is 370 g/mol. The average Bonchev–Trinajstić information content (AvgIpc) is 3.13. The third kappa shape index (κ3) is 4.70. The number of hydrogen-bond donors (Lipinski definition) is 2. The van der Waals surface area contributed by atoms with Gasteiger partial charge in [0.25, 0.3) is 5.91 Å². The second-order valence-corrected chi connectivity index (χ2v) is 7.50. The van der Waals surface area contributed by atoms with Crippen LogP contribution in [0, 0.1) is 0 Å². The molecule has 1 amide bonds. The molecule has 134 valence electrons. The Morgan fingerprint density at radius 2 is 1.88 bits per heavy atom. The fourth-order valence-electron chi connectivity index (χ4n) is 2.43. The Kier molecular flexibility index (Phi) is 5.04. The monoisotopic (exact) mass is 370 g/mol. The van der Waals surface area contributed by atoms with E-state index in [0.29, 0.717) is 17.8 Å². The number of benzene rings is 2. The molecule has 0 aliphatic rings. The van der Waals surface area contributed by atoms with E-state index >= 15 is 0 Å². The lowest BCUT2D eigenvalue weighted by atomic mass is 10.1. The molecule has 0 saturated heterocycles. The van der Waals surface area contributed by atoms with Gasteiger partial charge < -0.3 is 5.32 Å². The van der Waals surface area contributed by atoms with Gasteiger partial charge in [0, 0.05) is 30.2 Å². The third-order valence-electron chi connectivity index (χ3n) is 3.58. The van der Waals surface area contributed by atoms with Crippen LogP contribution in [0.4, 0.5) is 5.69 Å². The van der Waals surface area contributed by atoms with Gasteiger partial charge in [0.05, 0.1) is 11.9 Å². The number of nitrogens with one attached hydrogen (secondary N) is 2. The summed E-state index contributed by atoms with van der Waals surface area (Å²) in [5.41, 5.74) is 2.65. The Morgan fingerprint density at radius 3 is 2.54 bits per heavy atom. The largest absolute Gasteiger partial charge is 0.348 e. The van der Waals surface area contributed by atoms with Crippen molar-refractivity contribution in [2.45, 2.75) is 6.54 Å². The first-order chi connectivity index (χ1) is 12.4. The van der Waals surface area contributed by atoms with E-state index in [4.69, 9.17) is 0 Å². The van der Waals surface area contributed by atoms with Gasteiger partial charge in [-0.05, 0) is 48.0 Å². The number of nitrogens with zero attached hydrogens (tertiary/aromatic N) is 2. The van der Waals surface area contributed by atoms with Gasteiger partial charge >= 0.3 is 0 Å². The van der Waals surface area contributed by atoms with E-state index in [1.807, 2.05) is 30.5 Å². The molecule has 7 nitrogen and oxygen atoms in total. The van der Waals surface area contributed by atoms with Crippen LogP contribution in [0.5, 0.6) is 0 Å². The first kappa shape index (κ1) is 17.7. The Balaban J connectivity index is 1.63. The molecule has 8 heteroatoms. The molecule has 2 N–H and O–H groups in total. The first-order valence-corrected chi connectivity index (χ1v) is 9.75. The Hall–Kier alpha value is -3.13. The second-order valence-electron chi connectivity index (χ2n) is 5.75. The summed E-state index contributed by atoms with van der Waals surface area (Å²) in [5, 5.41) is 6.96. The van der Waals surface area contributed by atoms with Crippen LogP contribution in [0.1, 0.15) is 15.9 Å². The molecule has 0 unspecified atom stereocenters. The molecule has 2 aromatic carbocycles. The number of amides is 1. The Bertz CT molecular complexity index is 997. The number of aromatic nitrogens is 2. The molecule has 1 aromatic heterocycles. The maximum absolute atomic E-state index is 12.3. The van der Waals surface area contributed by atoms with E-state index < -0.39 is 10.0 Å². The summed E-state index contributed by atoms with van der Waals surface area (Å²) >= 11 is 0. The number of sulfonamides is 1. The summed E-state index contributed by atoms with van der Waals surface area (Å²) in [5.74, 6) is -0.210. The molecular weight excluding hydrogens is 352 g/mol. The van der Waals surface area contributed by atoms with E-state index in [9.17, 15) is 13.2 Å². The smallest absolute Gasteiger partial charge is 0.251 e.